The molecule has 4 heteroatoms. The molecular weight excluding hydrogens is 228 g/mol. The number of fused-ring (bicyclic) bond motifs is 1. The van der Waals surface area contributed by atoms with Crippen LogP contribution < -0.4 is 10.2 Å². The summed E-state index contributed by atoms with van der Waals surface area (Å²) in [5.74, 6) is -0.944. The second kappa shape index (κ2) is 4.12. The maximum Gasteiger partial charge on any atom is 0.296 e. The first-order valence-corrected chi connectivity index (χ1v) is 6.47. The van der Waals surface area contributed by atoms with E-state index in [1.807, 2.05) is 12.1 Å². The van der Waals surface area contributed by atoms with E-state index < -0.39 is 11.7 Å². The van der Waals surface area contributed by atoms with E-state index in [4.69, 9.17) is 0 Å². The van der Waals surface area contributed by atoms with Crippen LogP contribution in [0.2, 0.25) is 0 Å². The molecule has 94 valence electrons. The van der Waals surface area contributed by atoms with E-state index in [-0.39, 0.29) is 0 Å². The van der Waals surface area contributed by atoms with Gasteiger partial charge < -0.3 is 10.2 Å². The Morgan fingerprint density at radius 1 is 1.39 bits per heavy atom. The van der Waals surface area contributed by atoms with Crippen LogP contribution in [0.25, 0.3) is 0 Å². The minimum Gasteiger partial charge on any atom is -0.368 e. The van der Waals surface area contributed by atoms with Crippen LogP contribution in [-0.2, 0) is 4.79 Å². The van der Waals surface area contributed by atoms with E-state index in [2.05, 4.69) is 17.1 Å². The van der Waals surface area contributed by atoms with Crippen LogP contribution in [0.4, 0.5) is 11.4 Å². The summed E-state index contributed by atoms with van der Waals surface area (Å²) in [7, 11) is 0. The lowest BCUT2D eigenvalue weighted by atomic mass is 10.1. The number of carbonyl (C=O) groups is 2. The van der Waals surface area contributed by atoms with Gasteiger partial charge in [0.25, 0.3) is 11.7 Å². The Labute approximate surface area is 106 Å². The summed E-state index contributed by atoms with van der Waals surface area (Å²) in [4.78, 5) is 25.2. The highest BCUT2D eigenvalue weighted by atomic mass is 16.2. The summed E-state index contributed by atoms with van der Waals surface area (Å²) < 4.78 is 0. The van der Waals surface area contributed by atoms with Gasteiger partial charge in [0, 0.05) is 18.3 Å². The van der Waals surface area contributed by atoms with Gasteiger partial charge in [-0.25, -0.2) is 0 Å². The molecule has 0 radical (unpaired) electrons. The molecule has 1 atom stereocenters. The summed E-state index contributed by atoms with van der Waals surface area (Å²) in [5.41, 5.74) is 2.26. The second-order valence-electron chi connectivity index (χ2n) is 4.91. The fourth-order valence-electron chi connectivity index (χ4n) is 2.91. The molecule has 3 rings (SSSR count). The van der Waals surface area contributed by atoms with Crippen molar-refractivity contribution < 1.29 is 9.59 Å². The molecule has 2 aliphatic rings. The number of hydrogen-bond acceptors (Lipinski definition) is 3. The minimum absolute atomic E-state index is 0.426. The molecule has 0 aliphatic carbocycles. The van der Waals surface area contributed by atoms with Gasteiger partial charge in [-0.3, -0.25) is 9.59 Å². The van der Waals surface area contributed by atoms with Crippen molar-refractivity contribution in [1.82, 2.24) is 0 Å². The molecule has 1 unspecified atom stereocenters. The predicted molar refractivity (Wildman–Crippen MR) is 70.1 cm³/mol. The van der Waals surface area contributed by atoms with Gasteiger partial charge in [-0.2, -0.15) is 0 Å². The van der Waals surface area contributed by atoms with Gasteiger partial charge in [0.1, 0.15) is 0 Å². The Morgan fingerprint density at radius 2 is 2.22 bits per heavy atom. The molecule has 2 heterocycles. The topological polar surface area (TPSA) is 49.4 Å². The highest BCUT2D eigenvalue weighted by Gasteiger charge is 2.30. The van der Waals surface area contributed by atoms with Crippen molar-refractivity contribution in [3.8, 4) is 0 Å². The second-order valence-corrected chi connectivity index (χ2v) is 4.91. The smallest absolute Gasteiger partial charge is 0.296 e. The number of carbonyl (C=O) groups excluding carboxylic acids is 2. The molecule has 1 aromatic rings. The minimum atomic E-state index is -0.518. The summed E-state index contributed by atoms with van der Waals surface area (Å²) in [6, 6.07) is 6.21. The number of rotatable bonds is 2. The van der Waals surface area contributed by atoms with Gasteiger partial charge in [0.2, 0.25) is 0 Å². The van der Waals surface area contributed by atoms with Gasteiger partial charge in [-0.05, 0) is 37.5 Å². The molecule has 1 amide bonds. The highest BCUT2D eigenvalue weighted by molar-refractivity contribution is 6.51. The number of nitrogens with one attached hydrogen (secondary N) is 1. The lowest BCUT2D eigenvalue weighted by molar-refractivity contribution is -0.112. The lowest BCUT2D eigenvalue weighted by Crippen LogP contribution is -2.28. The molecule has 1 aromatic carbocycles. The fraction of sp³-hybridized carbons (Fsp3) is 0.429. The average molecular weight is 244 g/mol. The third-order valence-corrected chi connectivity index (χ3v) is 3.88. The summed E-state index contributed by atoms with van der Waals surface area (Å²) in [6.45, 7) is 3.25. The van der Waals surface area contributed by atoms with Crippen LogP contribution in [0.1, 0.15) is 36.5 Å². The van der Waals surface area contributed by atoms with Crippen molar-refractivity contribution >= 4 is 23.1 Å². The summed E-state index contributed by atoms with van der Waals surface area (Å²) >= 11 is 0. The van der Waals surface area contributed by atoms with E-state index in [1.165, 1.54) is 12.8 Å². The van der Waals surface area contributed by atoms with Crippen LogP contribution in [0, 0.1) is 0 Å². The summed E-state index contributed by atoms with van der Waals surface area (Å²) in [5, 5.41) is 2.63. The zero-order chi connectivity index (χ0) is 12.7. The molecule has 0 bridgehead atoms. The van der Waals surface area contributed by atoms with Crippen LogP contribution in [0.3, 0.4) is 0 Å². The zero-order valence-corrected chi connectivity index (χ0v) is 10.4. The number of anilines is 2. The molecule has 1 fully saturated rings. The van der Waals surface area contributed by atoms with Crippen molar-refractivity contribution in [2.45, 2.75) is 32.2 Å². The SMILES string of the molecule is CCC1CCCN1c1ccc2c(c1)NC(=O)C2=O. The fourth-order valence-corrected chi connectivity index (χ4v) is 2.91. The molecule has 18 heavy (non-hydrogen) atoms. The Balaban J connectivity index is 1.94. The number of nitrogens with zero attached hydrogens (tertiary/aromatic N) is 1. The first kappa shape index (κ1) is 11.3. The van der Waals surface area contributed by atoms with Crippen LogP contribution in [-0.4, -0.2) is 24.3 Å². The van der Waals surface area contributed by atoms with Gasteiger partial charge in [-0.15, -0.1) is 0 Å². The van der Waals surface area contributed by atoms with Crippen molar-refractivity contribution in [2.75, 3.05) is 16.8 Å². The third-order valence-electron chi connectivity index (χ3n) is 3.88. The third kappa shape index (κ3) is 1.60. The first-order valence-electron chi connectivity index (χ1n) is 6.47. The normalized spacial score (nSPS) is 22.3. The van der Waals surface area contributed by atoms with Gasteiger partial charge in [0.15, 0.2) is 0 Å². The van der Waals surface area contributed by atoms with E-state index in [0.29, 0.717) is 17.3 Å². The number of ketones is 1. The number of amides is 1. The quantitative estimate of drug-likeness (QED) is 0.811. The number of Topliss-reactive ketones (excluding diaryl/α,β-unsaturated/α-hetero) is 1. The van der Waals surface area contributed by atoms with Crippen molar-refractivity contribution in [1.29, 1.82) is 0 Å². The number of hydrogen-bond donors (Lipinski definition) is 1. The monoisotopic (exact) mass is 244 g/mol. The predicted octanol–water partition coefficient (Wildman–Crippen LogP) is 2.20. The summed E-state index contributed by atoms with van der Waals surface area (Å²) in [6.07, 6.45) is 3.56. The average Bonchev–Trinajstić information content (AvgIpc) is 2.95. The van der Waals surface area contributed by atoms with Crippen LogP contribution in [0.15, 0.2) is 18.2 Å². The molecule has 0 saturated carbocycles. The Morgan fingerprint density at radius 3 is 3.00 bits per heavy atom. The zero-order valence-electron chi connectivity index (χ0n) is 10.4. The lowest BCUT2D eigenvalue weighted by Gasteiger charge is -2.26. The molecular formula is C14H16N2O2. The van der Waals surface area contributed by atoms with Crippen LogP contribution in [0.5, 0.6) is 0 Å². The molecule has 1 saturated heterocycles. The van der Waals surface area contributed by atoms with E-state index in [9.17, 15) is 9.59 Å². The Hall–Kier alpha value is -1.84. The molecule has 0 aromatic heterocycles. The van der Waals surface area contributed by atoms with Crippen LogP contribution >= 0.6 is 0 Å². The van der Waals surface area contributed by atoms with Crippen molar-refractivity contribution in [3.05, 3.63) is 23.8 Å². The Kier molecular flexibility index (Phi) is 2.58. The van der Waals surface area contributed by atoms with Crippen molar-refractivity contribution in [2.24, 2.45) is 0 Å². The van der Waals surface area contributed by atoms with Crippen molar-refractivity contribution in [3.63, 3.8) is 0 Å². The van der Waals surface area contributed by atoms with Gasteiger partial charge in [0.05, 0.1) is 11.3 Å². The van der Waals surface area contributed by atoms with E-state index >= 15 is 0 Å². The molecule has 2 aliphatic heterocycles. The molecule has 0 spiro atoms. The number of benzene rings is 1. The highest BCUT2D eigenvalue weighted by Crippen LogP contribution is 2.32. The standard InChI is InChI=1S/C14H16N2O2/c1-2-9-4-3-7-16(9)10-5-6-11-12(8-10)15-14(18)13(11)17/h5-6,8-9H,2-4,7H2,1H3,(H,15,17,18). The molecule has 1 N–H and O–H groups in total. The maximum absolute atomic E-state index is 11.5. The largest absolute Gasteiger partial charge is 0.368 e. The molecule has 4 nitrogen and oxygen atoms in total. The van der Waals surface area contributed by atoms with E-state index in [1.54, 1.807) is 6.07 Å². The Bertz CT molecular complexity index is 525. The first-order chi connectivity index (χ1) is 8.70. The van der Waals surface area contributed by atoms with Gasteiger partial charge >= 0.3 is 0 Å². The maximum atomic E-state index is 11.5. The van der Waals surface area contributed by atoms with E-state index in [0.717, 1.165) is 18.7 Å². The van der Waals surface area contributed by atoms with Gasteiger partial charge in [-0.1, -0.05) is 6.92 Å².